The molecule has 0 aliphatic carbocycles. The molecular formula is C60H86O20. The van der Waals surface area contributed by atoms with Gasteiger partial charge in [0.1, 0.15) is 30.5 Å². The Labute approximate surface area is 468 Å². The van der Waals surface area contributed by atoms with Crippen LogP contribution >= 0.6 is 0 Å². The third-order valence-corrected chi connectivity index (χ3v) is 22.0. The molecule has 1 unspecified atom stereocenters. The van der Waals surface area contributed by atoms with Crippen LogP contribution in [0.4, 0.5) is 0 Å². The number of hydrogen-bond donors (Lipinski definition) is 4. The molecule has 3 spiro atoms. The number of carbonyl (C=O) groups is 1. The number of carbonyl (C=O) groups excluding carboxylic acids is 1. The molecule has 16 aliphatic heterocycles. The maximum Gasteiger partial charge on any atom is 0.308 e. The number of ether oxygens (including phenoxy) is 15. The zero-order chi connectivity index (χ0) is 54.9. The Balaban J connectivity index is 0.658. The Morgan fingerprint density at radius 1 is 0.537 bits per heavy atom. The fourth-order valence-electron chi connectivity index (χ4n) is 18.2. The second-order valence-corrected chi connectivity index (χ2v) is 27.7. The third kappa shape index (κ3) is 9.23. The molecule has 80 heavy (non-hydrogen) atoms. The smallest absolute Gasteiger partial charge is 0.308 e. The van der Waals surface area contributed by atoms with Crippen molar-refractivity contribution in [1.82, 2.24) is 0 Å². The molecule has 16 heterocycles. The molecular weight excluding hydrogens is 1040 g/mol. The van der Waals surface area contributed by atoms with Gasteiger partial charge >= 0.3 is 5.97 Å². The summed E-state index contributed by atoms with van der Waals surface area (Å²) in [5.74, 6) is -4.78. The number of aliphatic hydroxyl groups is 4. The zero-order valence-corrected chi connectivity index (χ0v) is 46.8. The van der Waals surface area contributed by atoms with E-state index in [1.165, 1.54) is 0 Å². The minimum atomic E-state index is -1.68. The predicted octanol–water partition coefficient (Wildman–Crippen LogP) is 4.25. The number of hydrogen-bond acceptors (Lipinski definition) is 20. The summed E-state index contributed by atoms with van der Waals surface area (Å²) in [7, 11) is 0. The highest BCUT2D eigenvalue weighted by Gasteiger charge is 2.76. The molecule has 4 N–H and O–H groups in total. The highest BCUT2D eigenvalue weighted by Crippen LogP contribution is 2.59. The van der Waals surface area contributed by atoms with Crippen LogP contribution in [0.15, 0.2) is 24.3 Å². The molecule has 0 aromatic heterocycles. The van der Waals surface area contributed by atoms with Gasteiger partial charge in [-0.2, -0.15) is 0 Å². The lowest BCUT2D eigenvalue weighted by atomic mass is 9.79. The van der Waals surface area contributed by atoms with Gasteiger partial charge in [-0.15, -0.1) is 0 Å². The lowest BCUT2D eigenvalue weighted by molar-refractivity contribution is -0.349. The van der Waals surface area contributed by atoms with E-state index in [4.69, 9.17) is 71.1 Å². The zero-order valence-electron chi connectivity index (χ0n) is 46.8. The lowest BCUT2D eigenvalue weighted by Gasteiger charge is -2.51. The number of esters is 1. The van der Waals surface area contributed by atoms with Crippen molar-refractivity contribution in [2.75, 3.05) is 6.61 Å². The molecule has 12 bridgehead atoms. The van der Waals surface area contributed by atoms with Gasteiger partial charge in [0.2, 0.25) is 5.79 Å². The van der Waals surface area contributed by atoms with Crippen LogP contribution in [0.1, 0.15) is 143 Å². The molecule has 0 aromatic carbocycles. The minimum Gasteiger partial charge on any atom is -0.459 e. The van der Waals surface area contributed by atoms with E-state index in [1.54, 1.807) is 0 Å². The van der Waals surface area contributed by atoms with Crippen molar-refractivity contribution in [2.24, 2.45) is 23.7 Å². The van der Waals surface area contributed by atoms with Crippen LogP contribution in [-0.2, 0) is 75.8 Å². The van der Waals surface area contributed by atoms with E-state index in [0.717, 1.165) is 36.8 Å². The van der Waals surface area contributed by atoms with Crippen LogP contribution in [0.2, 0.25) is 0 Å². The number of aliphatic hydroxyl groups excluding tert-OH is 3. The lowest BCUT2D eigenvalue weighted by Crippen LogP contribution is -2.67. The molecule has 0 saturated carbocycles. The molecule has 16 aliphatic rings. The van der Waals surface area contributed by atoms with E-state index in [0.29, 0.717) is 77.0 Å². The van der Waals surface area contributed by atoms with Crippen molar-refractivity contribution >= 4 is 5.97 Å². The number of fused-ring (bicyclic) bond motifs is 10. The standard InChI is InChI=1S/C60H86O20/c1-26-13-33-7-9-37-27(2)14-35(66-37)11-12-57-24-47-55(80-57)60(65)56(72-47)54(79-57)53-38(77-60)10-8-34(68-53)16-48(64)73-52-31(6)51-43(69-42(52)17-39(67-33)30(26)5)19-41-45(71-51)22-59(74-41)23-46-50(78-59)29(4)21-58(76-46)20-28(3)49-44(75-58)18-40(70-49)36(63)15-32(62)25-61/h26,28-29,31-47,49-56,61-63,65H,2,5,7-25H2,1,3-4,6H3/t26-,28+,29+,31-,32-,33-,34-,35-,36+,37-,38+,39-,40+,41-,42+,43+,44+,45-,46-,47-,49+,50+,51+,52-,53+,54+,55-,56+,57+,58-,59?,60+/m1/s1. The fraction of sp³-hybridized carbons (Fsp3) is 0.917. The summed E-state index contributed by atoms with van der Waals surface area (Å²) in [6.07, 6.45) is -1.11. The van der Waals surface area contributed by atoms with Crippen molar-refractivity contribution in [2.45, 2.75) is 313 Å². The molecule has 0 amide bonds. The van der Waals surface area contributed by atoms with Gasteiger partial charge in [0.05, 0.1) is 129 Å². The fourth-order valence-corrected chi connectivity index (χ4v) is 18.2. The second kappa shape index (κ2) is 20.2. The summed E-state index contributed by atoms with van der Waals surface area (Å²) < 4.78 is 103. The van der Waals surface area contributed by atoms with Crippen molar-refractivity contribution in [3.05, 3.63) is 24.3 Å². The maximum atomic E-state index is 14.6. The van der Waals surface area contributed by atoms with Gasteiger partial charge in [-0.1, -0.05) is 40.9 Å². The molecule has 0 radical (unpaired) electrons. The van der Waals surface area contributed by atoms with Crippen molar-refractivity contribution in [3.8, 4) is 0 Å². The van der Waals surface area contributed by atoms with E-state index in [-0.39, 0.29) is 110 Å². The number of rotatable bonds is 4. The molecule has 0 aromatic rings. The summed E-state index contributed by atoms with van der Waals surface area (Å²) >= 11 is 0. The summed E-state index contributed by atoms with van der Waals surface area (Å²) in [6, 6.07) is 0. The average Bonchev–Trinajstić information content (AvgIpc) is 4.45. The Kier molecular flexibility index (Phi) is 13.8. The monoisotopic (exact) mass is 1130 g/mol. The molecule has 20 heteroatoms. The SMILES string of the molecule is C=C1C[C@H]2CC[C@]34C[C@H]5O[C@H]6[C@@H](O3)[C@H]3O[C@H](CC[C@@H]3O[C@@]6(O)[C@@H]5O4)CC(=O)O[C@@H]3[C@H](C)[C@@H]4O[C@@H]5CC6(C[C@H]7O[C@]8(C[C@H](C)[C@@H]9O[C@H]([C@@H](O)C[C@@H](O)CO)C[C@@H]9O8)C[C@H](C)[C@@H]7O6)O[C@@H]5C[C@@H]4O[C@H]3C[C@H]3O[C@H](CC[C@H]1O2)C[C@@H](C)C3=C. The van der Waals surface area contributed by atoms with Gasteiger partial charge in [-0.3, -0.25) is 4.79 Å². The van der Waals surface area contributed by atoms with Crippen LogP contribution in [-0.4, -0.2) is 203 Å². The minimum absolute atomic E-state index is 0.000884. The first-order valence-electron chi connectivity index (χ1n) is 30.9. The Morgan fingerprint density at radius 2 is 1.25 bits per heavy atom. The van der Waals surface area contributed by atoms with Gasteiger partial charge in [0.25, 0.3) is 0 Å². The molecule has 20 nitrogen and oxygen atoms in total. The van der Waals surface area contributed by atoms with Crippen molar-refractivity contribution in [3.63, 3.8) is 0 Å². The third-order valence-electron chi connectivity index (χ3n) is 22.0. The Hall–Kier alpha value is -1.77. The second-order valence-electron chi connectivity index (χ2n) is 27.7. The summed E-state index contributed by atoms with van der Waals surface area (Å²) in [6.45, 7) is 17.3. The highest BCUT2D eigenvalue weighted by molar-refractivity contribution is 5.70. The summed E-state index contributed by atoms with van der Waals surface area (Å²) in [5, 5.41) is 42.5. The van der Waals surface area contributed by atoms with Gasteiger partial charge < -0.3 is 91.5 Å². The molecule has 16 saturated heterocycles. The van der Waals surface area contributed by atoms with Crippen molar-refractivity contribution < 1.29 is 96.3 Å². The summed E-state index contributed by atoms with van der Waals surface area (Å²) in [4.78, 5) is 14.6. The molecule has 16 fully saturated rings. The van der Waals surface area contributed by atoms with E-state index in [9.17, 15) is 25.2 Å². The largest absolute Gasteiger partial charge is 0.459 e. The van der Waals surface area contributed by atoms with Gasteiger partial charge in [0.15, 0.2) is 17.4 Å². The Morgan fingerprint density at radius 3 is 2.09 bits per heavy atom. The summed E-state index contributed by atoms with van der Waals surface area (Å²) in [5.41, 5.74) is 2.09. The topological polar surface area (TPSA) is 236 Å². The van der Waals surface area contributed by atoms with Crippen molar-refractivity contribution in [1.29, 1.82) is 0 Å². The average molecular weight is 1130 g/mol. The van der Waals surface area contributed by atoms with E-state index in [2.05, 4.69) is 40.9 Å². The quantitative estimate of drug-likeness (QED) is 0.228. The first kappa shape index (κ1) is 54.9. The van der Waals surface area contributed by atoms with E-state index in [1.807, 2.05) is 0 Å². The van der Waals surface area contributed by atoms with Crippen LogP contribution in [0, 0.1) is 23.7 Å². The molecule has 32 atom stereocenters. The van der Waals surface area contributed by atoms with Crippen LogP contribution in [0.5, 0.6) is 0 Å². The predicted molar refractivity (Wildman–Crippen MR) is 275 cm³/mol. The first-order chi connectivity index (χ1) is 38.3. The van der Waals surface area contributed by atoms with E-state index < -0.39 is 109 Å². The van der Waals surface area contributed by atoms with Crippen LogP contribution in [0.3, 0.4) is 0 Å². The molecule has 446 valence electrons. The Bertz CT molecular complexity index is 2400. The first-order valence-corrected chi connectivity index (χ1v) is 30.9. The maximum absolute atomic E-state index is 14.6. The van der Waals surface area contributed by atoms with Gasteiger partial charge in [0, 0.05) is 70.1 Å². The molecule has 16 rings (SSSR count). The van der Waals surface area contributed by atoms with Gasteiger partial charge in [-0.05, 0) is 73.8 Å². The van der Waals surface area contributed by atoms with Crippen LogP contribution in [0.25, 0.3) is 0 Å². The normalized spacial score (nSPS) is 57.6. The van der Waals surface area contributed by atoms with Crippen LogP contribution < -0.4 is 0 Å². The van der Waals surface area contributed by atoms with E-state index >= 15 is 0 Å². The highest BCUT2D eigenvalue weighted by atomic mass is 16.8. The van der Waals surface area contributed by atoms with Gasteiger partial charge in [-0.25, -0.2) is 0 Å².